The smallest absolute Gasteiger partial charge is 0.270 e. The number of nitro benzene ring substituents is 1. The summed E-state index contributed by atoms with van der Waals surface area (Å²) in [6.45, 7) is 7.48. The van der Waals surface area contributed by atoms with Gasteiger partial charge < -0.3 is 15.0 Å². The second-order valence-corrected chi connectivity index (χ2v) is 7.50. The molecule has 0 aliphatic carbocycles. The number of nitrogens with zero attached hydrogens (tertiary/aromatic N) is 2. The Hall–Kier alpha value is -2.19. The van der Waals surface area contributed by atoms with Crippen LogP contribution in [-0.4, -0.2) is 53.5 Å². The van der Waals surface area contributed by atoms with Gasteiger partial charge in [-0.3, -0.25) is 19.7 Å². The van der Waals surface area contributed by atoms with E-state index in [1.165, 1.54) is 12.1 Å². The van der Waals surface area contributed by atoms with Gasteiger partial charge in [-0.1, -0.05) is 25.4 Å². The number of piperidine rings is 1. The lowest BCUT2D eigenvalue weighted by atomic mass is 9.99. The van der Waals surface area contributed by atoms with Gasteiger partial charge in [0.2, 0.25) is 5.91 Å². The highest BCUT2D eigenvalue weighted by atomic mass is 35.5. The Morgan fingerprint density at radius 2 is 2.00 bits per heavy atom. The number of nitro groups is 1. The molecule has 0 bridgehead atoms. The first-order valence-corrected chi connectivity index (χ1v) is 9.77. The molecule has 1 aliphatic rings. The van der Waals surface area contributed by atoms with Crippen molar-refractivity contribution in [1.29, 1.82) is 0 Å². The van der Waals surface area contributed by atoms with Crippen LogP contribution in [0.1, 0.15) is 44.0 Å². The molecular weight excluding hydrogens is 386 g/mol. The van der Waals surface area contributed by atoms with E-state index >= 15 is 0 Å². The summed E-state index contributed by atoms with van der Waals surface area (Å²) in [6.07, 6.45) is 1.71. The van der Waals surface area contributed by atoms with Crippen LogP contribution in [0.25, 0.3) is 0 Å². The zero-order chi connectivity index (χ0) is 20.8. The maximum Gasteiger partial charge on any atom is 0.270 e. The Morgan fingerprint density at radius 3 is 2.50 bits per heavy atom. The highest BCUT2D eigenvalue weighted by Gasteiger charge is 2.32. The molecule has 1 saturated heterocycles. The van der Waals surface area contributed by atoms with Crippen LogP contribution in [0.15, 0.2) is 18.2 Å². The standard InChI is InChI=1S/C19H26ClN3O5/c1-4-28-14-7-9-22(10-8-14)19(25)17(12(2)3)21-18(24)15-6-5-13(23(26)27)11-16(15)20/h5-6,11-12,14,17H,4,7-10H2,1-3H3,(H,21,24). The number of carbonyl (C=O) groups excluding carboxylic acids is 2. The normalized spacial score (nSPS) is 16.1. The minimum atomic E-state index is -0.706. The molecule has 1 aliphatic heterocycles. The molecule has 1 N–H and O–H groups in total. The lowest BCUT2D eigenvalue weighted by molar-refractivity contribution is -0.384. The second kappa shape index (κ2) is 9.84. The summed E-state index contributed by atoms with van der Waals surface area (Å²) in [5.74, 6) is -0.801. The Kier molecular flexibility index (Phi) is 7.77. The second-order valence-electron chi connectivity index (χ2n) is 7.10. The highest BCUT2D eigenvalue weighted by Crippen LogP contribution is 2.23. The monoisotopic (exact) mass is 411 g/mol. The minimum Gasteiger partial charge on any atom is -0.378 e. The maximum absolute atomic E-state index is 12.9. The number of halogens is 1. The number of hydrogen-bond donors (Lipinski definition) is 1. The van der Waals surface area contributed by atoms with E-state index in [9.17, 15) is 19.7 Å². The van der Waals surface area contributed by atoms with Crippen molar-refractivity contribution in [2.45, 2.75) is 45.8 Å². The predicted molar refractivity (Wildman–Crippen MR) is 105 cm³/mol. The summed E-state index contributed by atoms with van der Waals surface area (Å²) in [7, 11) is 0. The van der Waals surface area contributed by atoms with Crippen LogP contribution < -0.4 is 5.32 Å². The molecule has 8 nitrogen and oxygen atoms in total. The van der Waals surface area contributed by atoms with Crippen LogP contribution in [0.2, 0.25) is 5.02 Å². The van der Waals surface area contributed by atoms with Crippen molar-refractivity contribution in [1.82, 2.24) is 10.2 Å². The molecule has 9 heteroatoms. The van der Waals surface area contributed by atoms with Crippen molar-refractivity contribution in [2.75, 3.05) is 19.7 Å². The van der Waals surface area contributed by atoms with Gasteiger partial charge >= 0.3 is 0 Å². The first-order chi connectivity index (χ1) is 13.2. The summed E-state index contributed by atoms with van der Waals surface area (Å²) in [4.78, 5) is 37.6. The average molecular weight is 412 g/mol. The SMILES string of the molecule is CCOC1CCN(C(=O)C(NC(=O)c2ccc([N+](=O)[O-])cc2Cl)C(C)C)CC1. The molecule has 0 radical (unpaired) electrons. The van der Waals surface area contributed by atoms with Crippen molar-refractivity contribution >= 4 is 29.1 Å². The van der Waals surface area contributed by atoms with E-state index in [0.29, 0.717) is 19.7 Å². The van der Waals surface area contributed by atoms with Crippen LogP contribution in [0, 0.1) is 16.0 Å². The van der Waals surface area contributed by atoms with Crippen LogP contribution in [0.5, 0.6) is 0 Å². The Bertz CT molecular complexity index is 732. The molecule has 0 spiro atoms. The molecule has 1 unspecified atom stereocenters. The molecule has 1 heterocycles. The van der Waals surface area contributed by atoms with Gasteiger partial charge in [-0.05, 0) is 31.7 Å². The first kappa shape index (κ1) is 22.1. The summed E-state index contributed by atoms with van der Waals surface area (Å²) < 4.78 is 5.61. The van der Waals surface area contributed by atoms with E-state index in [0.717, 1.165) is 18.9 Å². The van der Waals surface area contributed by atoms with Gasteiger partial charge in [-0.15, -0.1) is 0 Å². The lowest BCUT2D eigenvalue weighted by Gasteiger charge is -2.35. The molecule has 0 aromatic heterocycles. The fraction of sp³-hybridized carbons (Fsp3) is 0.579. The fourth-order valence-electron chi connectivity index (χ4n) is 3.21. The number of non-ortho nitro benzene ring substituents is 1. The maximum atomic E-state index is 12.9. The molecule has 0 saturated carbocycles. The first-order valence-electron chi connectivity index (χ1n) is 9.39. The number of nitrogens with one attached hydrogen (secondary N) is 1. The number of amides is 2. The predicted octanol–water partition coefficient (Wildman–Crippen LogP) is 3.03. The van der Waals surface area contributed by atoms with E-state index in [1.54, 1.807) is 4.90 Å². The summed E-state index contributed by atoms with van der Waals surface area (Å²) in [5, 5.41) is 13.5. The van der Waals surface area contributed by atoms with Crippen LogP contribution in [0.3, 0.4) is 0 Å². The van der Waals surface area contributed by atoms with Gasteiger partial charge in [0.05, 0.1) is 21.6 Å². The highest BCUT2D eigenvalue weighted by molar-refractivity contribution is 6.34. The molecular formula is C19H26ClN3O5. The van der Waals surface area contributed by atoms with E-state index in [4.69, 9.17) is 16.3 Å². The molecule has 1 atom stereocenters. The lowest BCUT2D eigenvalue weighted by Crippen LogP contribution is -2.53. The summed E-state index contributed by atoms with van der Waals surface area (Å²) in [5.41, 5.74) is -0.101. The van der Waals surface area contributed by atoms with Crippen LogP contribution in [0.4, 0.5) is 5.69 Å². The number of hydrogen-bond acceptors (Lipinski definition) is 5. The third-order valence-electron chi connectivity index (χ3n) is 4.78. The average Bonchev–Trinajstić information content (AvgIpc) is 2.65. The van der Waals surface area contributed by atoms with E-state index < -0.39 is 16.9 Å². The van der Waals surface area contributed by atoms with E-state index in [-0.39, 0.29) is 34.2 Å². The number of likely N-dealkylation sites (tertiary alicyclic amines) is 1. The van der Waals surface area contributed by atoms with Crippen molar-refractivity contribution in [3.05, 3.63) is 38.9 Å². The molecule has 1 fully saturated rings. The summed E-state index contributed by atoms with van der Waals surface area (Å²) in [6, 6.07) is 2.93. The van der Waals surface area contributed by atoms with Crippen molar-refractivity contribution in [3.63, 3.8) is 0 Å². The summed E-state index contributed by atoms with van der Waals surface area (Å²) >= 11 is 6.03. The quantitative estimate of drug-likeness (QED) is 0.548. The van der Waals surface area contributed by atoms with E-state index in [2.05, 4.69) is 5.32 Å². The fourth-order valence-corrected chi connectivity index (χ4v) is 3.47. The zero-order valence-electron chi connectivity index (χ0n) is 16.3. The third-order valence-corrected chi connectivity index (χ3v) is 5.10. The zero-order valence-corrected chi connectivity index (χ0v) is 17.1. The topological polar surface area (TPSA) is 102 Å². The van der Waals surface area contributed by atoms with Crippen molar-refractivity contribution < 1.29 is 19.2 Å². The van der Waals surface area contributed by atoms with Gasteiger partial charge in [0.1, 0.15) is 6.04 Å². The van der Waals surface area contributed by atoms with E-state index in [1.807, 2.05) is 20.8 Å². The van der Waals surface area contributed by atoms with Gasteiger partial charge in [0.25, 0.3) is 11.6 Å². The van der Waals surface area contributed by atoms with Crippen molar-refractivity contribution in [3.8, 4) is 0 Å². The Morgan fingerprint density at radius 1 is 1.36 bits per heavy atom. The molecule has 1 aromatic rings. The molecule has 1 aromatic carbocycles. The van der Waals surface area contributed by atoms with Gasteiger partial charge in [0, 0.05) is 31.8 Å². The number of carbonyl (C=O) groups is 2. The van der Waals surface area contributed by atoms with Gasteiger partial charge in [-0.25, -0.2) is 0 Å². The molecule has 28 heavy (non-hydrogen) atoms. The van der Waals surface area contributed by atoms with Gasteiger partial charge in [-0.2, -0.15) is 0 Å². The largest absolute Gasteiger partial charge is 0.378 e. The van der Waals surface area contributed by atoms with Gasteiger partial charge in [0.15, 0.2) is 0 Å². The third kappa shape index (κ3) is 5.42. The Balaban J connectivity index is 2.07. The molecule has 154 valence electrons. The number of rotatable bonds is 7. The number of ether oxygens (including phenoxy) is 1. The van der Waals surface area contributed by atoms with Crippen molar-refractivity contribution in [2.24, 2.45) is 5.92 Å². The molecule has 2 amide bonds. The molecule has 2 rings (SSSR count). The minimum absolute atomic E-state index is 0.0285. The van der Waals surface area contributed by atoms with Crippen LogP contribution in [-0.2, 0) is 9.53 Å². The Labute approximate surface area is 169 Å². The van der Waals surface area contributed by atoms with Crippen LogP contribution >= 0.6 is 11.6 Å². The number of benzene rings is 1.